The van der Waals surface area contributed by atoms with Crippen LogP contribution in [0.2, 0.25) is 0 Å². The van der Waals surface area contributed by atoms with Crippen molar-refractivity contribution < 1.29 is 23.1 Å². The molecule has 26 heavy (non-hydrogen) atoms. The molecule has 1 saturated heterocycles. The molecule has 2 heterocycles. The van der Waals surface area contributed by atoms with E-state index >= 15 is 0 Å². The minimum Gasteiger partial charge on any atom is -0.481 e. The average molecular weight is 370 g/mol. The molecule has 9 heteroatoms. The highest BCUT2D eigenvalue weighted by atomic mass is 19.4. The summed E-state index contributed by atoms with van der Waals surface area (Å²) >= 11 is 0. The fourth-order valence-electron chi connectivity index (χ4n) is 4.06. The molecule has 0 aromatic carbocycles. The molecule has 2 N–H and O–H groups in total. The average Bonchev–Trinajstić information content (AvgIpc) is 3.44. The van der Waals surface area contributed by atoms with Crippen LogP contribution in [0.5, 0.6) is 0 Å². The van der Waals surface area contributed by atoms with Gasteiger partial charge in [-0.2, -0.15) is 18.2 Å². The normalized spacial score (nSPS) is 28.6. The molecular formula is C17H21F3N4O2. The maximum Gasteiger partial charge on any atom is 0.433 e. The second-order valence-electron chi connectivity index (χ2n) is 7.70. The quantitative estimate of drug-likeness (QED) is 0.802. The Morgan fingerprint density at radius 3 is 2.54 bits per heavy atom. The van der Waals surface area contributed by atoms with Crippen LogP contribution in [0.15, 0.2) is 6.07 Å². The minimum atomic E-state index is -4.54. The highest BCUT2D eigenvalue weighted by Crippen LogP contribution is 2.54. The van der Waals surface area contributed by atoms with E-state index in [1.165, 1.54) is 0 Å². The molecule has 0 bridgehead atoms. The number of hydrogen-bond acceptors (Lipinski definition) is 5. The van der Waals surface area contributed by atoms with E-state index in [2.05, 4.69) is 15.3 Å². The third-order valence-electron chi connectivity index (χ3n) is 5.79. The van der Waals surface area contributed by atoms with Gasteiger partial charge in [0.15, 0.2) is 5.69 Å². The number of rotatable bonds is 6. The fourth-order valence-corrected chi connectivity index (χ4v) is 4.06. The molecule has 0 spiro atoms. The van der Waals surface area contributed by atoms with E-state index in [4.69, 9.17) is 5.11 Å². The molecule has 0 amide bonds. The number of fused-ring (bicyclic) bond motifs is 1. The molecule has 2 aliphatic carbocycles. The Kier molecular flexibility index (Phi) is 4.00. The number of hydrogen-bond donors (Lipinski definition) is 2. The second kappa shape index (κ2) is 5.99. The maximum atomic E-state index is 13.2. The summed E-state index contributed by atoms with van der Waals surface area (Å²) in [6.07, 6.45) is -2.27. The summed E-state index contributed by atoms with van der Waals surface area (Å²) in [6, 6.07) is 1.03. The van der Waals surface area contributed by atoms with E-state index in [9.17, 15) is 18.0 Å². The Morgan fingerprint density at radius 1 is 1.35 bits per heavy atom. The standard InChI is InChI=1S/C17H21F3N4O2/c1-8(9-2-3-9)21-16-22-13(17(18,19)20)5-14(23-16)24-6-11-10(4-15(25)26)12(11)7-24/h5,8-12H,2-4,6-7H2,1H3,(H,25,26)(H,21,22,23)/t8-,10?,11-,12+/m0/s1. The number of piperidine rings is 1. The number of halogens is 3. The molecule has 1 aromatic heterocycles. The van der Waals surface area contributed by atoms with Crippen molar-refractivity contribution in [2.24, 2.45) is 23.7 Å². The van der Waals surface area contributed by atoms with Crippen molar-refractivity contribution in [3.8, 4) is 0 Å². The first-order valence-corrected chi connectivity index (χ1v) is 8.92. The first-order chi connectivity index (χ1) is 12.2. The lowest BCUT2D eigenvalue weighted by molar-refractivity contribution is -0.141. The SMILES string of the molecule is C[C@H](Nc1nc(N2C[C@@H]3C(CC(=O)O)[C@@H]3C2)cc(C(F)(F)F)n1)C1CC1. The number of carbonyl (C=O) groups is 1. The molecule has 0 radical (unpaired) electrons. The van der Waals surface area contributed by atoms with Crippen LogP contribution in [0.1, 0.15) is 31.9 Å². The van der Waals surface area contributed by atoms with Gasteiger partial charge in [0.1, 0.15) is 5.82 Å². The van der Waals surface area contributed by atoms with Gasteiger partial charge in [0.05, 0.1) is 0 Å². The predicted molar refractivity (Wildman–Crippen MR) is 87.8 cm³/mol. The zero-order valence-electron chi connectivity index (χ0n) is 14.3. The third-order valence-corrected chi connectivity index (χ3v) is 5.79. The Morgan fingerprint density at radius 2 is 2.00 bits per heavy atom. The summed E-state index contributed by atoms with van der Waals surface area (Å²) in [5, 5.41) is 11.9. The van der Waals surface area contributed by atoms with Gasteiger partial charge in [-0.3, -0.25) is 4.79 Å². The van der Waals surface area contributed by atoms with Crippen molar-refractivity contribution in [3.05, 3.63) is 11.8 Å². The Balaban J connectivity index is 1.51. The third kappa shape index (κ3) is 3.43. The summed E-state index contributed by atoms with van der Waals surface area (Å²) in [7, 11) is 0. The number of anilines is 2. The molecule has 1 aliphatic heterocycles. The second-order valence-corrected chi connectivity index (χ2v) is 7.70. The van der Waals surface area contributed by atoms with Crippen molar-refractivity contribution in [3.63, 3.8) is 0 Å². The van der Waals surface area contributed by atoms with Crippen molar-refractivity contribution in [1.29, 1.82) is 0 Å². The van der Waals surface area contributed by atoms with Crippen LogP contribution in [-0.2, 0) is 11.0 Å². The highest BCUT2D eigenvalue weighted by molar-refractivity contribution is 5.68. The molecule has 3 fully saturated rings. The summed E-state index contributed by atoms with van der Waals surface area (Å²) in [4.78, 5) is 20.6. The molecule has 142 valence electrons. The molecule has 1 unspecified atom stereocenters. The van der Waals surface area contributed by atoms with Crippen molar-refractivity contribution in [1.82, 2.24) is 9.97 Å². The van der Waals surface area contributed by atoms with E-state index in [0.717, 1.165) is 18.9 Å². The first-order valence-electron chi connectivity index (χ1n) is 8.92. The van der Waals surface area contributed by atoms with Crippen LogP contribution in [0.3, 0.4) is 0 Å². The van der Waals surface area contributed by atoms with Crippen LogP contribution in [0.25, 0.3) is 0 Å². The number of alkyl halides is 3. The molecule has 2 saturated carbocycles. The van der Waals surface area contributed by atoms with E-state index < -0.39 is 17.8 Å². The molecular weight excluding hydrogens is 349 g/mol. The molecule has 4 rings (SSSR count). The number of aliphatic carboxylic acids is 1. The van der Waals surface area contributed by atoms with Crippen molar-refractivity contribution in [2.75, 3.05) is 23.3 Å². The molecule has 6 nitrogen and oxygen atoms in total. The van der Waals surface area contributed by atoms with Gasteiger partial charge in [-0.05, 0) is 43.4 Å². The van der Waals surface area contributed by atoms with Gasteiger partial charge < -0.3 is 15.3 Å². The number of carboxylic acid groups (broad SMARTS) is 1. The van der Waals surface area contributed by atoms with Gasteiger partial charge in [0.2, 0.25) is 5.95 Å². The van der Waals surface area contributed by atoms with Crippen LogP contribution in [0.4, 0.5) is 24.9 Å². The summed E-state index contributed by atoms with van der Waals surface area (Å²) in [5.41, 5.74) is -0.948. The maximum absolute atomic E-state index is 13.2. The van der Waals surface area contributed by atoms with Gasteiger partial charge in [0.25, 0.3) is 0 Å². The largest absolute Gasteiger partial charge is 0.481 e. The lowest BCUT2D eigenvalue weighted by atomic mass is 10.2. The van der Waals surface area contributed by atoms with Crippen molar-refractivity contribution >= 4 is 17.7 Å². The van der Waals surface area contributed by atoms with Crippen LogP contribution in [-0.4, -0.2) is 40.2 Å². The van der Waals surface area contributed by atoms with E-state index in [1.54, 1.807) is 0 Å². The monoisotopic (exact) mass is 370 g/mol. The van der Waals surface area contributed by atoms with Crippen LogP contribution < -0.4 is 10.2 Å². The van der Waals surface area contributed by atoms with E-state index in [-0.39, 0.29) is 42.0 Å². The number of nitrogens with one attached hydrogen (secondary N) is 1. The lowest BCUT2D eigenvalue weighted by Crippen LogP contribution is -2.28. The number of carboxylic acids is 1. The fraction of sp³-hybridized carbons (Fsp3) is 0.706. The van der Waals surface area contributed by atoms with Crippen LogP contribution in [0, 0.1) is 23.7 Å². The summed E-state index contributed by atoms with van der Waals surface area (Å²) in [5.74, 6) is 0.524. The Hall–Kier alpha value is -2.06. The summed E-state index contributed by atoms with van der Waals surface area (Å²) in [6.45, 7) is 3.03. The zero-order chi connectivity index (χ0) is 18.6. The predicted octanol–water partition coefficient (Wildman–Crippen LogP) is 2.86. The number of aromatic nitrogens is 2. The number of nitrogens with zero attached hydrogens (tertiary/aromatic N) is 3. The molecule has 1 aromatic rings. The Labute approximate surface area is 148 Å². The summed E-state index contributed by atoms with van der Waals surface area (Å²) < 4.78 is 39.7. The molecule has 3 aliphatic rings. The van der Waals surface area contributed by atoms with Gasteiger partial charge >= 0.3 is 12.1 Å². The Bertz CT molecular complexity index is 710. The highest BCUT2D eigenvalue weighted by Gasteiger charge is 2.56. The van der Waals surface area contributed by atoms with Gasteiger partial charge in [-0.25, -0.2) is 4.98 Å². The van der Waals surface area contributed by atoms with Gasteiger partial charge in [-0.1, -0.05) is 0 Å². The van der Waals surface area contributed by atoms with E-state index in [1.807, 2.05) is 11.8 Å². The lowest BCUT2D eigenvalue weighted by Gasteiger charge is -2.23. The van der Waals surface area contributed by atoms with E-state index in [0.29, 0.717) is 19.0 Å². The zero-order valence-corrected chi connectivity index (χ0v) is 14.3. The minimum absolute atomic E-state index is 0.0110. The van der Waals surface area contributed by atoms with Gasteiger partial charge in [0, 0.05) is 31.6 Å². The van der Waals surface area contributed by atoms with Gasteiger partial charge in [-0.15, -0.1) is 0 Å². The molecule has 4 atom stereocenters. The van der Waals surface area contributed by atoms with Crippen molar-refractivity contribution in [2.45, 2.75) is 38.4 Å². The smallest absolute Gasteiger partial charge is 0.433 e. The topological polar surface area (TPSA) is 78.4 Å². The van der Waals surface area contributed by atoms with Crippen LogP contribution >= 0.6 is 0 Å². The first kappa shape index (κ1) is 17.4.